The third-order valence-electron chi connectivity index (χ3n) is 5.30. The summed E-state index contributed by atoms with van der Waals surface area (Å²) in [7, 11) is -3.54. The van der Waals surface area contributed by atoms with Gasteiger partial charge in [-0.3, -0.25) is 4.79 Å². The van der Waals surface area contributed by atoms with Crippen LogP contribution in [0.15, 0.2) is 65.6 Å². The van der Waals surface area contributed by atoms with Gasteiger partial charge >= 0.3 is 0 Å². The largest absolute Gasteiger partial charge is 0.321 e. The Morgan fingerprint density at radius 2 is 1.67 bits per heavy atom. The molecule has 1 unspecified atom stereocenters. The van der Waals surface area contributed by atoms with Gasteiger partial charge in [0.1, 0.15) is 0 Å². The fraction of sp³-hybridized carbons (Fsp3) is 0.348. The van der Waals surface area contributed by atoms with Gasteiger partial charge < -0.3 is 10.2 Å². The monoisotopic (exact) mass is 428 g/mol. The number of quaternary nitrogens is 1. The molecule has 30 heavy (non-hydrogen) atoms. The van der Waals surface area contributed by atoms with Crippen LogP contribution in [0, 0.1) is 0 Å². The Hall–Kier alpha value is -2.48. The zero-order chi connectivity index (χ0) is 21.7. The molecule has 1 aliphatic heterocycles. The van der Waals surface area contributed by atoms with Gasteiger partial charge in [0.05, 0.1) is 18.0 Å². The normalized spacial score (nSPS) is 18.0. The summed E-state index contributed by atoms with van der Waals surface area (Å²) in [5, 5.41) is 2.91. The highest BCUT2D eigenvalue weighted by atomic mass is 32.2. The second-order valence-electron chi connectivity index (χ2n) is 7.97. The summed E-state index contributed by atoms with van der Waals surface area (Å²) < 4.78 is 27.0. The van der Waals surface area contributed by atoms with Crippen molar-refractivity contribution in [1.82, 2.24) is 4.72 Å². The van der Waals surface area contributed by atoms with Crippen molar-refractivity contribution < 1.29 is 18.1 Å². The molecule has 7 heteroatoms. The first-order valence-electron chi connectivity index (χ1n) is 10.3. The lowest BCUT2D eigenvalue weighted by Crippen LogP contribution is -3.17. The standard InChI is InChI=1S/C23H29N3O3S/c1-17(2)25-30(28,29)22-11-9-21(10-12-22)24-23(27)18(3)26-15-13-20(14-16-26)19-7-5-4-6-8-19/h4-13,17-18,25H,14-16H2,1-3H3,(H,24,27)/p+1/t18-/m1/s1. The molecule has 2 aromatic carbocycles. The first kappa shape index (κ1) is 22.2. The lowest BCUT2D eigenvalue weighted by molar-refractivity contribution is -0.909. The first-order valence-corrected chi connectivity index (χ1v) is 11.8. The van der Waals surface area contributed by atoms with E-state index in [1.165, 1.54) is 28.2 Å². The van der Waals surface area contributed by atoms with E-state index >= 15 is 0 Å². The Morgan fingerprint density at radius 3 is 2.23 bits per heavy atom. The van der Waals surface area contributed by atoms with Crippen LogP contribution in [-0.4, -0.2) is 39.5 Å². The predicted octanol–water partition coefficient (Wildman–Crippen LogP) is 2.07. The van der Waals surface area contributed by atoms with Crippen molar-refractivity contribution in [2.75, 3.05) is 18.4 Å². The molecule has 2 aromatic rings. The Kier molecular flexibility index (Phi) is 7.07. The van der Waals surface area contributed by atoms with E-state index in [9.17, 15) is 13.2 Å². The lowest BCUT2D eigenvalue weighted by atomic mass is 9.99. The molecule has 3 rings (SSSR count). The molecule has 2 atom stereocenters. The van der Waals surface area contributed by atoms with E-state index in [1.807, 2.05) is 25.1 Å². The Balaban J connectivity index is 1.59. The van der Waals surface area contributed by atoms with Gasteiger partial charge in [0.2, 0.25) is 10.0 Å². The maximum Gasteiger partial charge on any atom is 0.282 e. The van der Waals surface area contributed by atoms with Crippen LogP contribution < -0.4 is 14.9 Å². The zero-order valence-electron chi connectivity index (χ0n) is 17.7. The van der Waals surface area contributed by atoms with E-state index in [0.29, 0.717) is 5.69 Å². The SMILES string of the molecule is CC(C)NS(=O)(=O)c1ccc(NC(=O)[C@@H](C)[NH+]2CC=C(c3ccccc3)CC2)cc1. The second kappa shape index (κ2) is 9.55. The van der Waals surface area contributed by atoms with Gasteiger partial charge in [-0.25, -0.2) is 13.1 Å². The minimum atomic E-state index is -3.54. The number of sulfonamides is 1. The minimum Gasteiger partial charge on any atom is -0.321 e. The predicted molar refractivity (Wildman–Crippen MR) is 120 cm³/mol. The number of benzene rings is 2. The molecule has 0 radical (unpaired) electrons. The van der Waals surface area contributed by atoms with E-state index in [1.54, 1.807) is 26.0 Å². The highest BCUT2D eigenvalue weighted by molar-refractivity contribution is 7.89. The molecule has 0 saturated heterocycles. The average Bonchev–Trinajstić information content (AvgIpc) is 2.73. The van der Waals surface area contributed by atoms with Crippen LogP contribution in [0.5, 0.6) is 0 Å². The number of nitrogens with one attached hydrogen (secondary N) is 3. The molecule has 160 valence electrons. The number of amides is 1. The highest BCUT2D eigenvalue weighted by Gasteiger charge is 2.27. The van der Waals surface area contributed by atoms with Crippen LogP contribution in [0.2, 0.25) is 0 Å². The van der Waals surface area contributed by atoms with Gasteiger partial charge in [-0.2, -0.15) is 0 Å². The van der Waals surface area contributed by atoms with Gasteiger partial charge in [0, 0.05) is 18.2 Å². The van der Waals surface area contributed by atoms with E-state index in [0.717, 1.165) is 19.5 Å². The quantitative estimate of drug-likeness (QED) is 0.632. The molecular weight excluding hydrogens is 398 g/mol. The van der Waals surface area contributed by atoms with E-state index in [-0.39, 0.29) is 22.9 Å². The molecule has 0 aromatic heterocycles. The van der Waals surface area contributed by atoms with Crippen molar-refractivity contribution in [3.05, 3.63) is 66.2 Å². The number of rotatable bonds is 7. The zero-order valence-corrected chi connectivity index (χ0v) is 18.5. The summed E-state index contributed by atoms with van der Waals surface area (Å²) in [6.07, 6.45) is 3.16. The molecule has 1 amide bonds. The number of anilines is 1. The number of carbonyl (C=O) groups is 1. The fourth-order valence-electron chi connectivity index (χ4n) is 3.59. The molecule has 0 bridgehead atoms. The molecule has 6 nitrogen and oxygen atoms in total. The molecule has 1 heterocycles. The fourth-order valence-corrected chi connectivity index (χ4v) is 4.84. The summed E-state index contributed by atoms with van der Waals surface area (Å²) >= 11 is 0. The summed E-state index contributed by atoms with van der Waals surface area (Å²) in [6.45, 7) is 7.17. The number of hydrogen-bond donors (Lipinski definition) is 3. The summed E-state index contributed by atoms with van der Waals surface area (Å²) in [6, 6.07) is 16.2. The van der Waals surface area contributed by atoms with Crippen molar-refractivity contribution in [1.29, 1.82) is 0 Å². The second-order valence-corrected chi connectivity index (χ2v) is 9.68. The molecule has 0 fully saturated rings. The smallest absolute Gasteiger partial charge is 0.282 e. The Labute approximate surface area is 179 Å². The molecule has 0 aliphatic carbocycles. The maximum absolute atomic E-state index is 12.7. The number of hydrogen-bond acceptors (Lipinski definition) is 3. The van der Waals surface area contributed by atoms with Crippen LogP contribution in [-0.2, 0) is 14.8 Å². The Morgan fingerprint density at radius 1 is 1.00 bits per heavy atom. The van der Waals surface area contributed by atoms with Crippen molar-refractivity contribution in [3.63, 3.8) is 0 Å². The van der Waals surface area contributed by atoms with Crippen molar-refractivity contribution in [2.45, 2.75) is 44.2 Å². The van der Waals surface area contributed by atoms with Crippen LogP contribution in [0.1, 0.15) is 32.8 Å². The van der Waals surface area contributed by atoms with Crippen molar-refractivity contribution in [2.24, 2.45) is 0 Å². The summed E-state index contributed by atoms with van der Waals surface area (Å²) in [5.41, 5.74) is 3.17. The number of carbonyl (C=O) groups excluding carboxylic acids is 1. The van der Waals surface area contributed by atoms with Crippen LogP contribution in [0.3, 0.4) is 0 Å². The van der Waals surface area contributed by atoms with Crippen molar-refractivity contribution >= 4 is 27.2 Å². The topological polar surface area (TPSA) is 79.7 Å². The van der Waals surface area contributed by atoms with E-state index in [2.05, 4.69) is 28.2 Å². The van der Waals surface area contributed by atoms with Gasteiger partial charge in [-0.1, -0.05) is 30.3 Å². The first-order chi connectivity index (χ1) is 14.3. The van der Waals surface area contributed by atoms with Crippen molar-refractivity contribution in [3.8, 4) is 0 Å². The minimum absolute atomic E-state index is 0.0718. The maximum atomic E-state index is 12.7. The third kappa shape index (κ3) is 5.56. The van der Waals surface area contributed by atoms with Crippen LogP contribution in [0.4, 0.5) is 5.69 Å². The van der Waals surface area contributed by atoms with E-state index in [4.69, 9.17) is 0 Å². The summed E-state index contributed by atoms with van der Waals surface area (Å²) in [4.78, 5) is 14.1. The van der Waals surface area contributed by atoms with Gasteiger partial charge in [0.25, 0.3) is 5.91 Å². The van der Waals surface area contributed by atoms with Gasteiger partial charge in [-0.05, 0) is 62.2 Å². The Bertz CT molecular complexity index is 1000. The third-order valence-corrected chi connectivity index (χ3v) is 6.97. The highest BCUT2D eigenvalue weighted by Crippen LogP contribution is 2.18. The lowest BCUT2D eigenvalue weighted by Gasteiger charge is -2.28. The van der Waals surface area contributed by atoms with Crippen LogP contribution >= 0.6 is 0 Å². The molecule has 1 aliphatic rings. The molecular formula is C23H30N3O3S+. The van der Waals surface area contributed by atoms with Gasteiger partial charge in [0.15, 0.2) is 6.04 Å². The molecule has 0 spiro atoms. The average molecular weight is 429 g/mol. The summed E-state index contributed by atoms with van der Waals surface area (Å²) in [5.74, 6) is -0.0718. The van der Waals surface area contributed by atoms with Crippen LogP contribution in [0.25, 0.3) is 5.57 Å². The van der Waals surface area contributed by atoms with Gasteiger partial charge in [-0.15, -0.1) is 0 Å². The molecule has 0 saturated carbocycles. The van der Waals surface area contributed by atoms with E-state index < -0.39 is 10.0 Å². The molecule has 3 N–H and O–H groups in total.